The summed E-state index contributed by atoms with van der Waals surface area (Å²) >= 11 is 0. The number of methoxy groups -OCH3 is 1. The molecule has 3 aromatic rings. The van der Waals surface area contributed by atoms with Gasteiger partial charge in [-0.2, -0.15) is 0 Å². The Morgan fingerprint density at radius 1 is 1.05 bits per heavy atom. The van der Waals surface area contributed by atoms with Crippen LogP contribution >= 0.6 is 0 Å². The Bertz CT molecular complexity index is 853. The molecule has 0 saturated carbocycles. The molecule has 0 bridgehead atoms. The first kappa shape index (κ1) is 13.0. The van der Waals surface area contributed by atoms with E-state index in [-0.39, 0.29) is 11.2 Å². The van der Waals surface area contributed by atoms with Gasteiger partial charge in [-0.25, -0.2) is 0 Å². The molecule has 6 heteroatoms. The van der Waals surface area contributed by atoms with E-state index in [0.717, 1.165) is 5.75 Å². The molecule has 1 heterocycles. The van der Waals surface area contributed by atoms with Crippen LogP contribution in [0.3, 0.4) is 0 Å². The average molecular weight is 280 g/mol. The summed E-state index contributed by atoms with van der Waals surface area (Å²) in [6, 6.07) is 14.2. The lowest BCUT2D eigenvalue weighted by Gasteiger charge is -1.99. The largest absolute Gasteiger partial charge is 0.497 e. The fraction of sp³-hybridized carbons (Fsp3) is 0.0667. The number of azo groups is 1. The molecular weight excluding hydrogens is 268 g/mol. The van der Waals surface area contributed by atoms with E-state index in [0.29, 0.717) is 16.6 Å². The van der Waals surface area contributed by atoms with E-state index in [1.54, 1.807) is 49.6 Å². The second-order valence-electron chi connectivity index (χ2n) is 4.32. The minimum Gasteiger partial charge on any atom is -0.497 e. The van der Waals surface area contributed by atoms with E-state index < -0.39 is 0 Å². The highest BCUT2D eigenvalue weighted by Gasteiger charge is 2.05. The number of para-hydroxylation sites is 1. The predicted molar refractivity (Wildman–Crippen MR) is 79.5 cm³/mol. The summed E-state index contributed by atoms with van der Waals surface area (Å²) < 4.78 is 5.06. The maximum atomic E-state index is 12.2. The van der Waals surface area contributed by atoms with Gasteiger partial charge in [0.15, 0.2) is 0 Å². The molecule has 0 aliphatic carbocycles. The Balaban J connectivity index is 1.95. The summed E-state index contributed by atoms with van der Waals surface area (Å²) in [5.41, 5.74) is 1.04. The van der Waals surface area contributed by atoms with Gasteiger partial charge in [0, 0.05) is 0 Å². The third-order valence-corrected chi connectivity index (χ3v) is 2.99. The number of rotatable bonds is 3. The van der Waals surface area contributed by atoms with E-state index >= 15 is 0 Å². The van der Waals surface area contributed by atoms with Gasteiger partial charge in [0.2, 0.25) is 11.2 Å². The molecule has 0 spiro atoms. The van der Waals surface area contributed by atoms with Crippen molar-refractivity contribution >= 4 is 22.4 Å². The highest BCUT2D eigenvalue weighted by Crippen LogP contribution is 2.19. The van der Waals surface area contributed by atoms with Gasteiger partial charge in [-0.05, 0) is 36.4 Å². The summed E-state index contributed by atoms with van der Waals surface area (Å²) in [6.45, 7) is 0. The minimum absolute atomic E-state index is 0.0320. The molecule has 0 fully saturated rings. The van der Waals surface area contributed by atoms with Crippen molar-refractivity contribution in [2.45, 2.75) is 0 Å². The number of fused-ring (bicyclic) bond motifs is 1. The quantitative estimate of drug-likeness (QED) is 0.747. The van der Waals surface area contributed by atoms with Crippen LogP contribution in [0.25, 0.3) is 10.9 Å². The van der Waals surface area contributed by atoms with Crippen molar-refractivity contribution in [3.05, 3.63) is 58.8 Å². The predicted octanol–water partition coefficient (Wildman–Crippen LogP) is 3.35. The smallest absolute Gasteiger partial charge is 0.241 e. The first-order valence-corrected chi connectivity index (χ1v) is 6.31. The van der Waals surface area contributed by atoms with Crippen LogP contribution in [0.4, 0.5) is 11.5 Å². The van der Waals surface area contributed by atoms with Gasteiger partial charge in [0.25, 0.3) is 0 Å². The molecule has 0 aliphatic rings. The zero-order valence-corrected chi connectivity index (χ0v) is 11.3. The zero-order chi connectivity index (χ0) is 14.7. The van der Waals surface area contributed by atoms with Gasteiger partial charge in [-0.3, -0.25) is 9.89 Å². The summed E-state index contributed by atoms with van der Waals surface area (Å²) in [7, 11) is 1.59. The third-order valence-electron chi connectivity index (χ3n) is 2.99. The molecule has 1 aromatic heterocycles. The van der Waals surface area contributed by atoms with Crippen molar-refractivity contribution in [3.8, 4) is 5.75 Å². The molecule has 0 unspecified atom stereocenters. The molecular formula is C15H12N4O2. The second kappa shape index (κ2) is 5.54. The van der Waals surface area contributed by atoms with Crippen LogP contribution < -0.4 is 10.2 Å². The van der Waals surface area contributed by atoms with Gasteiger partial charge >= 0.3 is 0 Å². The molecule has 6 nitrogen and oxygen atoms in total. The first-order valence-electron chi connectivity index (χ1n) is 6.31. The maximum absolute atomic E-state index is 12.2. The molecule has 0 saturated heterocycles. The molecule has 2 aromatic carbocycles. The van der Waals surface area contributed by atoms with Gasteiger partial charge in [0.1, 0.15) is 5.75 Å². The summed E-state index contributed by atoms with van der Waals surface area (Å²) in [4.78, 5) is 12.2. The van der Waals surface area contributed by atoms with Crippen LogP contribution in [0.5, 0.6) is 5.75 Å². The number of ether oxygens (including phenoxy) is 1. The van der Waals surface area contributed by atoms with Crippen LogP contribution in [0, 0.1) is 0 Å². The van der Waals surface area contributed by atoms with Crippen molar-refractivity contribution < 1.29 is 4.74 Å². The Labute approximate surface area is 120 Å². The van der Waals surface area contributed by atoms with Crippen LogP contribution in [-0.4, -0.2) is 17.3 Å². The average Bonchev–Trinajstić information content (AvgIpc) is 2.55. The number of aromatic nitrogens is 2. The highest BCUT2D eigenvalue weighted by molar-refractivity contribution is 5.79. The van der Waals surface area contributed by atoms with Crippen LogP contribution in [0.1, 0.15) is 0 Å². The highest BCUT2D eigenvalue weighted by atomic mass is 16.5. The Morgan fingerprint density at radius 3 is 2.57 bits per heavy atom. The number of nitrogens with zero attached hydrogens (tertiary/aromatic N) is 3. The lowest BCUT2D eigenvalue weighted by molar-refractivity contribution is 0.415. The zero-order valence-electron chi connectivity index (χ0n) is 11.3. The molecule has 0 aliphatic heterocycles. The van der Waals surface area contributed by atoms with Crippen LogP contribution in [0.15, 0.2) is 63.6 Å². The molecule has 3 rings (SSSR count). The maximum Gasteiger partial charge on any atom is 0.241 e. The van der Waals surface area contributed by atoms with Crippen molar-refractivity contribution in [1.82, 2.24) is 10.2 Å². The lowest BCUT2D eigenvalue weighted by Crippen LogP contribution is -2.04. The molecule has 0 radical (unpaired) electrons. The molecule has 0 amide bonds. The Morgan fingerprint density at radius 2 is 1.81 bits per heavy atom. The molecule has 1 N–H and O–H groups in total. The standard InChI is InChI=1S/C15H12N4O2/c1-21-11-8-6-10(7-9-11)16-18-15-14(20)12-4-2-3-5-13(12)17-19-15/h2-9H,1H3,(H,17,20). The second-order valence-corrected chi connectivity index (χ2v) is 4.32. The van der Waals surface area contributed by atoms with Crippen molar-refractivity contribution in [2.75, 3.05) is 7.11 Å². The SMILES string of the molecule is COc1ccc(N=Nc2n[nH]c3ccccc3c2=O)cc1. The molecule has 21 heavy (non-hydrogen) atoms. The number of nitrogens with one attached hydrogen (secondary N) is 1. The van der Waals surface area contributed by atoms with Gasteiger partial charge in [0.05, 0.1) is 23.7 Å². The normalized spacial score (nSPS) is 11.1. The van der Waals surface area contributed by atoms with Gasteiger partial charge in [-0.15, -0.1) is 15.3 Å². The fourth-order valence-electron chi connectivity index (χ4n) is 1.88. The van der Waals surface area contributed by atoms with Crippen molar-refractivity contribution in [2.24, 2.45) is 10.2 Å². The van der Waals surface area contributed by atoms with E-state index in [9.17, 15) is 4.79 Å². The van der Waals surface area contributed by atoms with Gasteiger partial charge in [-0.1, -0.05) is 12.1 Å². The van der Waals surface area contributed by atoms with Crippen LogP contribution in [-0.2, 0) is 0 Å². The topological polar surface area (TPSA) is 79.7 Å². The minimum atomic E-state index is -0.249. The first-order chi connectivity index (χ1) is 10.3. The van der Waals surface area contributed by atoms with Crippen LogP contribution in [0.2, 0.25) is 0 Å². The van der Waals surface area contributed by atoms with Crippen molar-refractivity contribution in [3.63, 3.8) is 0 Å². The number of hydrogen-bond donors (Lipinski definition) is 1. The molecule has 104 valence electrons. The van der Waals surface area contributed by atoms with E-state index in [4.69, 9.17) is 4.74 Å². The Kier molecular flexibility index (Phi) is 3.42. The number of H-pyrrole nitrogens is 1. The monoisotopic (exact) mass is 280 g/mol. The number of aromatic amines is 1. The molecule has 0 atom stereocenters. The van der Waals surface area contributed by atoms with E-state index in [1.165, 1.54) is 0 Å². The van der Waals surface area contributed by atoms with E-state index in [1.807, 2.05) is 6.07 Å². The number of hydrogen-bond acceptors (Lipinski definition) is 5. The fourth-order valence-corrected chi connectivity index (χ4v) is 1.88. The van der Waals surface area contributed by atoms with Crippen molar-refractivity contribution in [1.29, 1.82) is 0 Å². The summed E-state index contributed by atoms with van der Waals surface area (Å²) in [5.74, 6) is 0.764. The summed E-state index contributed by atoms with van der Waals surface area (Å²) in [6.07, 6.45) is 0. The third kappa shape index (κ3) is 2.64. The lowest BCUT2D eigenvalue weighted by atomic mass is 10.2. The van der Waals surface area contributed by atoms with Gasteiger partial charge < -0.3 is 4.74 Å². The number of benzene rings is 2. The Hall–Kier alpha value is -3.02. The van der Waals surface area contributed by atoms with E-state index in [2.05, 4.69) is 20.4 Å². The summed E-state index contributed by atoms with van der Waals surface area (Å²) in [5, 5.41) is 15.2.